The zero-order valence-electron chi connectivity index (χ0n) is 14.2. The van der Waals surface area contributed by atoms with Gasteiger partial charge in [-0.25, -0.2) is 0 Å². The molecule has 1 aliphatic heterocycles. The number of hydrogen-bond acceptors (Lipinski definition) is 1. The summed E-state index contributed by atoms with van der Waals surface area (Å²) in [5.41, 5.74) is 4.71. The van der Waals surface area contributed by atoms with Crippen LogP contribution in [-0.2, 0) is 23.2 Å². The van der Waals surface area contributed by atoms with E-state index in [4.69, 9.17) is 0 Å². The fourth-order valence-electron chi connectivity index (χ4n) is 3.15. The van der Waals surface area contributed by atoms with Gasteiger partial charge in [0.2, 0.25) is 0 Å². The van der Waals surface area contributed by atoms with Crippen molar-refractivity contribution in [3.63, 3.8) is 0 Å². The Balaban J connectivity index is 0.000000960. The van der Waals surface area contributed by atoms with Gasteiger partial charge in [-0.1, -0.05) is 0 Å². The van der Waals surface area contributed by atoms with Crippen molar-refractivity contribution in [2.24, 2.45) is 0 Å². The summed E-state index contributed by atoms with van der Waals surface area (Å²) in [6.45, 7) is 4.83. The van der Waals surface area contributed by atoms with Crippen molar-refractivity contribution >= 4 is 25.8 Å². The molecule has 106 valence electrons. The maximum atomic E-state index is 2.49. The van der Waals surface area contributed by atoms with E-state index in [1.807, 2.05) is 11.8 Å². The molecule has 0 fully saturated rings. The molecule has 0 amide bonds. The Bertz CT molecular complexity index is 721. The first kappa shape index (κ1) is 14.4. The molecule has 2 atom stereocenters. The summed E-state index contributed by atoms with van der Waals surface area (Å²) in [4.78, 5) is 0. The zero-order valence-corrected chi connectivity index (χ0v) is 16.4. The van der Waals surface area contributed by atoms with E-state index in [-0.39, 0.29) is 10.8 Å². The first-order chi connectivity index (χ1) is 10.2. The molecule has 4 rings (SSSR count). The van der Waals surface area contributed by atoms with Gasteiger partial charge in [-0.15, -0.1) is 0 Å². The molecular formula is C18H19PSZr. The van der Waals surface area contributed by atoms with Crippen LogP contribution in [-0.4, -0.2) is 18.6 Å². The van der Waals surface area contributed by atoms with E-state index in [0.717, 1.165) is 3.63 Å². The number of allylic oxidation sites excluding steroid dienone is 4. The van der Waals surface area contributed by atoms with Gasteiger partial charge in [0.15, 0.2) is 0 Å². The van der Waals surface area contributed by atoms with Crippen LogP contribution in [0.15, 0.2) is 62.1 Å². The molecule has 0 saturated carbocycles. The molecule has 0 radical (unpaired) electrons. The summed E-state index contributed by atoms with van der Waals surface area (Å²) in [5, 5.41) is 4.84. The predicted molar refractivity (Wildman–Crippen MR) is 94.8 cm³/mol. The van der Waals surface area contributed by atoms with Gasteiger partial charge in [0.1, 0.15) is 0 Å². The summed E-state index contributed by atoms with van der Waals surface area (Å²) < 4.78 is 2.49. The average Bonchev–Trinajstić information content (AvgIpc) is 3.15. The summed E-state index contributed by atoms with van der Waals surface area (Å²) in [6.07, 6.45) is 9.43. The molecule has 2 aliphatic carbocycles. The Hall–Kier alpha value is -0.157. The molecule has 0 nitrogen and oxygen atoms in total. The van der Waals surface area contributed by atoms with Crippen molar-refractivity contribution in [2.45, 2.75) is 8.88 Å². The largest absolute Gasteiger partial charge is 1.00 e. The van der Waals surface area contributed by atoms with Gasteiger partial charge in [0, 0.05) is 0 Å². The topological polar surface area (TPSA) is 0 Å². The second-order valence-corrected chi connectivity index (χ2v) is 12.5. The van der Waals surface area contributed by atoms with E-state index < -0.39 is 23.2 Å². The molecular weight excluding hydrogens is 370 g/mol. The average molecular weight is 390 g/mol. The van der Waals surface area contributed by atoms with E-state index in [1.54, 1.807) is 19.7 Å². The van der Waals surface area contributed by atoms with Gasteiger partial charge in [-0.2, -0.15) is 0 Å². The standard InChI is InChI=1S/C11H12P.C7H5S.Zr.2H/c1-12(2)11-7-9-5-3-4-6-10(9)8-11;1-2-6-4-5-8-7(6)3-1;;;/h3-8H,1-2H3;1-3,5,7H;;;/q;;+2;2*-1. The third kappa shape index (κ3) is 2.54. The molecule has 0 saturated heterocycles. The van der Waals surface area contributed by atoms with Crippen LogP contribution >= 0.6 is 19.7 Å². The number of thioether (sulfide) groups is 1. The van der Waals surface area contributed by atoms with Crippen molar-refractivity contribution in [1.29, 1.82) is 0 Å². The predicted octanol–water partition coefficient (Wildman–Crippen LogP) is 5.58. The number of rotatable bonds is 3. The summed E-state index contributed by atoms with van der Waals surface area (Å²) in [5.74, 6) is 0. The number of benzene rings is 1. The van der Waals surface area contributed by atoms with Crippen molar-refractivity contribution < 1.29 is 26.1 Å². The smallest absolute Gasteiger partial charge is 1.00 e. The molecule has 0 bridgehead atoms. The van der Waals surface area contributed by atoms with E-state index in [1.165, 1.54) is 5.56 Å². The van der Waals surface area contributed by atoms with Gasteiger partial charge in [-0.3, -0.25) is 0 Å². The Morgan fingerprint density at radius 3 is 2.95 bits per heavy atom. The fraction of sp³-hybridized carbons (Fsp3) is 0.222. The fourth-order valence-corrected chi connectivity index (χ4v) is 12.1. The molecule has 1 heterocycles. The normalized spacial score (nSPS) is 25.4. The maximum absolute atomic E-state index is 2.49. The van der Waals surface area contributed by atoms with Crippen LogP contribution < -0.4 is 0 Å². The minimum absolute atomic E-state index is 0. The van der Waals surface area contributed by atoms with Crippen LogP contribution in [0.25, 0.3) is 6.08 Å². The van der Waals surface area contributed by atoms with Crippen LogP contribution in [0.4, 0.5) is 0 Å². The van der Waals surface area contributed by atoms with Gasteiger partial charge < -0.3 is 2.85 Å². The summed E-state index contributed by atoms with van der Waals surface area (Å²) in [7, 11) is 0.0131. The van der Waals surface area contributed by atoms with E-state index in [2.05, 4.69) is 67.3 Å². The van der Waals surface area contributed by atoms with Crippen molar-refractivity contribution in [1.82, 2.24) is 0 Å². The third-order valence-corrected chi connectivity index (χ3v) is 11.9. The zero-order chi connectivity index (χ0) is 14.4. The SMILES string of the molecule is CP(C)C1=Cc2ccccc2[CH]1[Zr+2][C]1=CSC2C=CC=C12.[H-].[H-]. The second-order valence-electron chi connectivity index (χ2n) is 5.77. The maximum Gasteiger partial charge on any atom is -1.00 e. The van der Waals surface area contributed by atoms with Crippen molar-refractivity contribution in [3.8, 4) is 0 Å². The molecule has 0 aromatic heterocycles. The van der Waals surface area contributed by atoms with Gasteiger partial charge in [-0.05, 0) is 0 Å². The number of hydrogen-bond donors (Lipinski definition) is 0. The quantitative estimate of drug-likeness (QED) is 0.608. The molecule has 1 aromatic rings. The molecule has 2 unspecified atom stereocenters. The molecule has 3 aliphatic rings. The van der Waals surface area contributed by atoms with E-state index in [0.29, 0.717) is 5.25 Å². The Morgan fingerprint density at radius 1 is 1.24 bits per heavy atom. The van der Waals surface area contributed by atoms with Gasteiger partial charge >= 0.3 is 144 Å². The Morgan fingerprint density at radius 2 is 2.10 bits per heavy atom. The van der Waals surface area contributed by atoms with Crippen molar-refractivity contribution in [2.75, 3.05) is 13.3 Å². The monoisotopic (exact) mass is 388 g/mol. The minimum atomic E-state index is -0.635. The molecule has 0 spiro atoms. The molecule has 0 N–H and O–H groups in total. The first-order valence-electron chi connectivity index (χ1n) is 7.23. The second kappa shape index (κ2) is 5.80. The third-order valence-electron chi connectivity index (χ3n) is 4.23. The van der Waals surface area contributed by atoms with Gasteiger partial charge in [0.05, 0.1) is 0 Å². The van der Waals surface area contributed by atoms with Crippen LogP contribution in [0.1, 0.15) is 17.6 Å². The van der Waals surface area contributed by atoms with Crippen molar-refractivity contribution in [3.05, 3.63) is 73.2 Å². The Kier molecular flexibility index (Phi) is 3.99. The van der Waals surface area contributed by atoms with Crippen LogP contribution in [0.5, 0.6) is 0 Å². The van der Waals surface area contributed by atoms with E-state index in [9.17, 15) is 0 Å². The first-order valence-corrected chi connectivity index (χ1v) is 13.1. The van der Waals surface area contributed by atoms with Gasteiger partial charge in [0.25, 0.3) is 0 Å². The van der Waals surface area contributed by atoms with Crippen LogP contribution in [0.2, 0.25) is 0 Å². The molecule has 21 heavy (non-hydrogen) atoms. The summed E-state index contributed by atoms with van der Waals surface area (Å²) in [6, 6.07) is 9.06. The summed E-state index contributed by atoms with van der Waals surface area (Å²) >= 11 is 1.37. The van der Waals surface area contributed by atoms with Crippen LogP contribution in [0, 0.1) is 0 Å². The van der Waals surface area contributed by atoms with E-state index >= 15 is 0 Å². The minimum Gasteiger partial charge on any atom is -1.00 e. The number of fused-ring (bicyclic) bond motifs is 2. The molecule has 3 heteroatoms. The Labute approximate surface area is 146 Å². The molecule has 1 aromatic carbocycles. The van der Waals surface area contributed by atoms with Crippen LogP contribution in [0.3, 0.4) is 0 Å².